The summed E-state index contributed by atoms with van der Waals surface area (Å²) < 4.78 is 25.0. The first-order valence-corrected chi connectivity index (χ1v) is 13.6. The van der Waals surface area contributed by atoms with Gasteiger partial charge in [0.05, 0.1) is 11.8 Å². The Morgan fingerprint density at radius 2 is 1.69 bits per heavy atom. The van der Waals surface area contributed by atoms with Crippen molar-refractivity contribution in [1.82, 2.24) is 4.98 Å². The van der Waals surface area contributed by atoms with Crippen LogP contribution in [0, 0.1) is 11.8 Å². The van der Waals surface area contributed by atoms with Crippen LogP contribution in [0.3, 0.4) is 0 Å². The van der Waals surface area contributed by atoms with E-state index < -0.39 is 12.1 Å². The molecule has 1 atom stereocenters. The first kappa shape index (κ1) is 27.2. The first-order chi connectivity index (χ1) is 17.1. The lowest BCUT2D eigenvalue weighted by Gasteiger charge is -2.27. The number of esters is 1. The molecule has 1 aliphatic rings. The van der Waals surface area contributed by atoms with Gasteiger partial charge in [0.15, 0.2) is 0 Å². The van der Waals surface area contributed by atoms with Gasteiger partial charge in [0, 0.05) is 5.69 Å². The number of aromatic nitrogens is 1. The summed E-state index contributed by atoms with van der Waals surface area (Å²) in [5.74, 6) is 2.27. The number of aryl methyl sites for hydroxylation is 1. The van der Waals surface area contributed by atoms with Gasteiger partial charge in [-0.25, -0.2) is 9.18 Å². The van der Waals surface area contributed by atoms with Crippen LogP contribution in [-0.2, 0) is 6.42 Å². The highest BCUT2D eigenvalue weighted by Crippen LogP contribution is 2.33. The van der Waals surface area contributed by atoms with Crippen molar-refractivity contribution in [1.29, 1.82) is 0 Å². The van der Waals surface area contributed by atoms with Gasteiger partial charge in [-0.2, -0.15) is 0 Å². The fraction of sp³-hybridized carbons (Fsp3) is 0.600. The molecule has 35 heavy (non-hydrogen) atoms. The highest BCUT2D eigenvalue weighted by molar-refractivity contribution is 5.91. The molecule has 1 heterocycles. The molecule has 0 amide bonds. The second-order valence-corrected chi connectivity index (χ2v) is 9.99. The molecule has 0 radical (unpaired) electrons. The van der Waals surface area contributed by atoms with Crippen molar-refractivity contribution >= 4 is 5.97 Å². The molecule has 0 N–H and O–H groups in total. The van der Waals surface area contributed by atoms with Crippen molar-refractivity contribution in [3.8, 4) is 11.5 Å². The minimum atomic E-state index is -0.969. The third kappa shape index (κ3) is 9.62. The van der Waals surface area contributed by atoms with Crippen molar-refractivity contribution in [2.45, 2.75) is 97.1 Å². The quantitative estimate of drug-likeness (QED) is 0.201. The van der Waals surface area contributed by atoms with Crippen molar-refractivity contribution in [2.75, 3.05) is 6.61 Å². The Balaban J connectivity index is 1.38. The van der Waals surface area contributed by atoms with Gasteiger partial charge in [-0.3, -0.25) is 4.98 Å². The number of benzene rings is 1. The number of ether oxygens (including phenoxy) is 2. The fourth-order valence-electron chi connectivity index (χ4n) is 4.82. The number of carbonyl (C=O) groups is 1. The van der Waals surface area contributed by atoms with Crippen molar-refractivity contribution in [3.05, 3.63) is 53.9 Å². The predicted molar refractivity (Wildman–Crippen MR) is 139 cm³/mol. The summed E-state index contributed by atoms with van der Waals surface area (Å²) >= 11 is 0. The minimum absolute atomic E-state index is 0.0357. The lowest BCUT2D eigenvalue weighted by Crippen LogP contribution is -2.14. The summed E-state index contributed by atoms with van der Waals surface area (Å²) in [6, 6.07) is 10.4. The molecule has 5 heteroatoms. The van der Waals surface area contributed by atoms with Crippen molar-refractivity contribution in [2.24, 2.45) is 11.8 Å². The van der Waals surface area contributed by atoms with Crippen LogP contribution in [0.5, 0.6) is 11.5 Å². The zero-order chi connectivity index (χ0) is 24.9. The summed E-state index contributed by atoms with van der Waals surface area (Å²) in [6.07, 6.45) is 14.3. The number of halogens is 1. The SMILES string of the molecule is CCCCCCC(F)COc1ccc(C(=O)Oc2ccc(CCC3CCC(CC)CC3)nc2)cc1. The normalized spacial score (nSPS) is 18.7. The number of carbonyl (C=O) groups excluding carboxylic acids is 1. The molecule has 0 spiro atoms. The van der Waals surface area contributed by atoms with Crippen LogP contribution in [-0.4, -0.2) is 23.7 Å². The van der Waals surface area contributed by atoms with E-state index in [1.165, 1.54) is 38.5 Å². The van der Waals surface area contributed by atoms with Gasteiger partial charge in [-0.1, -0.05) is 71.6 Å². The third-order valence-corrected chi connectivity index (χ3v) is 7.25. The zero-order valence-electron chi connectivity index (χ0n) is 21.5. The van der Waals surface area contributed by atoms with Crippen LogP contribution in [0.15, 0.2) is 42.6 Å². The lowest BCUT2D eigenvalue weighted by molar-refractivity contribution is 0.0734. The molecule has 1 unspecified atom stereocenters. The maximum atomic E-state index is 14.0. The van der Waals surface area contributed by atoms with Crippen LogP contribution < -0.4 is 9.47 Å². The molecule has 1 aromatic heterocycles. The molecule has 0 bridgehead atoms. The molecule has 0 saturated heterocycles. The van der Waals surface area contributed by atoms with E-state index in [1.54, 1.807) is 30.5 Å². The number of hydrogen-bond acceptors (Lipinski definition) is 4. The highest BCUT2D eigenvalue weighted by atomic mass is 19.1. The van der Waals surface area contributed by atoms with Gasteiger partial charge in [-0.15, -0.1) is 0 Å². The summed E-state index contributed by atoms with van der Waals surface area (Å²) in [7, 11) is 0. The number of rotatable bonds is 14. The Kier molecular flexibility index (Phi) is 11.5. The molecule has 1 fully saturated rings. The molecule has 1 aromatic carbocycles. The van der Waals surface area contributed by atoms with E-state index >= 15 is 0 Å². The van der Waals surface area contributed by atoms with Gasteiger partial charge in [0.2, 0.25) is 0 Å². The molecular formula is C30H42FNO3. The van der Waals surface area contributed by atoms with Gasteiger partial charge in [0.1, 0.15) is 24.3 Å². The Labute approximate surface area is 210 Å². The van der Waals surface area contributed by atoms with E-state index in [2.05, 4.69) is 18.8 Å². The Morgan fingerprint density at radius 1 is 0.971 bits per heavy atom. The van der Waals surface area contributed by atoms with E-state index in [-0.39, 0.29) is 6.61 Å². The fourth-order valence-corrected chi connectivity index (χ4v) is 4.82. The maximum Gasteiger partial charge on any atom is 0.343 e. The summed E-state index contributed by atoms with van der Waals surface area (Å²) in [5, 5.41) is 0. The first-order valence-electron chi connectivity index (χ1n) is 13.6. The number of hydrogen-bond donors (Lipinski definition) is 0. The Morgan fingerprint density at radius 3 is 2.34 bits per heavy atom. The molecule has 1 aliphatic carbocycles. The second-order valence-electron chi connectivity index (χ2n) is 9.99. The molecular weight excluding hydrogens is 441 g/mol. The van der Waals surface area contributed by atoms with E-state index in [0.29, 0.717) is 23.5 Å². The standard InChI is InChI=1S/C30H42FNO3/c1-3-5-6-7-8-26(31)22-34-28-18-14-25(15-19-28)30(33)35-29-20-17-27(32-21-29)16-13-24-11-9-23(4-2)10-12-24/h14-15,17-21,23-24,26H,3-13,16,22H2,1-2H3. The Bertz CT molecular complexity index is 860. The predicted octanol–water partition coefficient (Wildman–Crippen LogP) is 8.14. The zero-order valence-corrected chi connectivity index (χ0v) is 21.5. The van der Waals surface area contributed by atoms with E-state index in [4.69, 9.17) is 9.47 Å². The van der Waals surface area contributed by atoms with Crippen LogP contribution in [0.2, 0.25) is 0 Å². The molecule has 2 aromatic rings. The van der Waals surface area contributed by atoms with Gasteiger partial charge in [0.25, 0.3) is 0 Å². The van der Waals surface area contributed by atoms with Gasteiger partial charge < -0.3 is 9.47 Å². The highest BCUT2D eigenvalue weighted by Gasteiger charge is 2.20. The molecule has 1 saturated carbocycles. The third-order valence-electron chi connectivity index (χ3n) is 7.25. The minimum Gasteiger partial charge on any atom is -0.491 e. The summed E-state index contributed by atoms with van der Waals surface area (Å²) in [4.78, 5) is 17.0. The van der Waals surface area contributed by atoms with Crippen molar-refractivity contribution < 1.29 is 18.7 Å². The second kappa shape index (κ2) is 14.9. The van der Waals surface area contributed by atoms with E-state index in [9.17, 15) is 9.18 Å². The van der Waals surface area contributed by atoms with Gasteiger partial charge in [-0.05, 0) is 67.5 Å². The maximum absolute atomic E-state index is 14.0. The number of pyridine rings is 1. The average molecular weight is 484 g/mol. The smallest absolute Gasteiger partial charge is 0.343 e. The molecule has 4 nitrogen and oxygen atoms in total. The van der Waals surface area contributed by atoms with Crippen LogP contribution in [0.4, 0.5) is 4.39 Å². The van der Waals surface area contributed by atoms with E-state index in [1.807, 2.05) is 12.1 Å². The Hall–Kier alpha value is -2.43. The molecule has 3 rings (SSSR count). The van der Waals surface area contributed by atoms with Crippen molar-refractivity contribution in [3.63, 3.8) is 0 Å². The number of unbranched alkanes of at least 4 members (excludes halogenated alkanes) is 3. The largest absolute Gasteiger partial charge is 0.491 e. The number of nitrogens with zero attached hydrogens (tertiary/aromatic N) is 1. The molecule has 0 aliphatic heterocycles. The monoisotopic (exact) mass is 483 g/mol. The average Bonchev–Trinajstić information content (AvgIpc) is 2.90. The lowest BCUT2D eigenvalue weighted by atomic mass is 9.79. The molecule has 192 valence electrons. The van der Waals surface area contributed by atoms with Crippen LogP contribution >= 0.6 is 0 Å². The van der Waals surface area contributed by atoms with Crippen LogP contribution in [0.1, 0.15) is 101 Å². The summed E-state index contributed by atoms with van der Waals surface area (Å²) in [5.41, 5.74) is 1.46. The van der Waals surface area contributed by atoms with Crippen LogP contribution in [0.25, 0.3) is 0 Å². The number of alkyl halides is 1. The van der Waals surface area contributed by atoms with E-state index in [0.717, 1.165) is 49.6 Å². The summed E-state index contributed by atoms with van der Waals surface area (Å²) in [6.45, 7) is 4.48. The topological polar surface area (TPSA) is 48.4 Å². The van der Waals surface area contributed by atoms with Gasteiger partial charge >= 0.3 is 5.97 Å².